The average molecular weight is 303 g/mol. The Morgan fingerprint density at radius 2 is 2.14 bits per heavy atom. The van der Waals surface area contributed by atoms with Gasteiger partial charge in [0.05, 0.1) is 13.2 Å². The van der Waals surface area contributed by atoms with Crippen molar-refractivity contribution in [3.63, 3.8) is 0 Å². The van der Waals surface area contributed by atoms with Gasteiger partial charge < -0.3 is 14.8 Å². The number of amides is 1. The minimum Gasteiger partial charge on any atom is -0.497 e. The van der Waals surface area contributed by atoms with Crippen molar-refractivity contribution in [3.8, 4) is 5.75 Å². The number of rotatable bonds is 9. The van der Waals surface area contributed by atoms with E-state index in [0.29, 0.717) is 12.8 Å². The Morgan fingerprint density at radius 1 is 1.32 bits per heavy atom. The smallest absolute Gasteiger partial charge is 0.220 e. The lowest BCUT2D eigenvalue weighted by atomic mass is 10.1. The van der Waals surface area contributed by atoms with Gasteiger partial charge in [-0.2, -0.15) is 0 Å². The summed E-state index contributed by atoms with van der Waals surface area (Å²) in [6, 6.07) is 6.22. The number of fused-ring (bicyclic) bond motifs is 1. The van der Waals surface area contributed by atoms with Crippen LogP contribution in [0.25, 0.3) is 0 Å². The van der Waals surface area contributed by atoms with Crippen molar-refractivity contribution in [3.05, 3.63) is 29.3 Å². The molecule has 1 unspecified atom stereocenters. The third-order valence-electron chi connectivity index (χ3n) is 4.24. The maximum Gasteiger partial charge on any atom is 0.220 e. The van der Waals surface area contributed by atoms with Crippen LogP contribution in [0.2, 0.25) is 0 Å². The monoisotopic (exact) mass is 303 g/mol. The van der Waals surface area contributed by atoms with Gasteiger partial charge >= 0.3 is 0 Å². The molecule has 1 N–H and O–H groups in total. The Kier molecular flexibility index (Phi) is 6.44. The van der Waals surface area contributed by atoms with E-state index in [1.165, 1.54) is 11.1 Å². The molecule has 1 aromatic rings. The quantitative estimate of drug-likeness (QED) is 0.562. The zero-order chi connectivity index (χ0) is 15.8. The van der Waals surface area contributed by atoms with Crippen molar-refractivity contribution in [2.24, 2.45) is 0 Å². The first kappa shape index (κ1) is 16.5. The predicted octanol–water partition coefficient (Wildman–Crippen LogP) is 3.34. The molecule has 0 fully saturated rings. The second-order valence-electron chi connectivity index (χ2n) is 5.84. The third kappa shape index (κ3) is 4.58. The minimum absolute atomic E-state index is 0.129. The maximum atomic E-state index is 12.0. The molecule has 0 spiro atoms. The van der Waals surface area contributed by atoms with Crippen molar-refractivity contribution in [1.29, 1.82) is 0 Å². The molecule has 1 aromatic carbocycles. The zero-order valence-electron chi connectivity index (χ0n) is 13.3. The first-order valence-corrected chi connectivity index (χ1v) is 8.14. The highest BCUT2D eigenvalue weighted by Gasteiger charge is 2.24. The Bertz CT molecular complexity index is 513. The highest BCUT2D eigenvalue weighted by Crippen LogP contribution is 2.33. The summed E-state index contributed by atoms with van der Waals surface area (Å²) in [7, 11) is 1.67. The van der Waals surface area contributed by atoms with E-state index in [1.807, 2.05) is 6.07 Å². The summed E-state index contributed by atoms with van der Waals surface area (Å²) in [6.45, 7) is 0. The minimum atomic E-state index is 0.129. The molecular formula is C18H25NO3. The molecule has 1 aliphatic carbocycles. The van der Waals surface area contributed by atoms with Crippen LogP contribution in [0, 0.1) is 0 Å². The zero-order valence-corrected chi connectivity index (χ0v) is 13.3. The number of benzene rings is 1. The molecule has 2 rings (SSSR count). The van der Waals surface area contributed by atoms with Gasteiger partial charge in [-0.1, -0.05) is 18.9 Å². The fraction of sp³-hybridized carbons (Fsp3) is 0.556. The summed E-state index contributed by atoms with van der Waals surface area (Å²) in [5, 5.41) is 3.14. The lowest BCUT2D eigenvalue weighted by molar-refractivity contribution is -0.122. The van der Waals surface area contributed by atoms with E-state index in [9.17, 15) is 9.59 Å². The third-order valence-corrected chi connectivity index (χ3v) is 4.24. The molecule has 0 saturated carbocycles. The number of carbonyl (C=O) groups is 2. The number of hydrogen-bond acceptors (Lipinski definition) is 3. The van der Waals surface area contributed by atoms with E-state index >= 15 is 0 Å². The number of aryl methyl sites for hydroxylation is 1. The molecule has 1 atom stereocenters. The Balaban J connectivity index is 1.74. The van der Waals surface area contributed by atoms with Gasteiger partial charge in [-0.15, -0.1) is 0 Å². The second kappa shape index (κ2) is 8.57. The molecule has 0 heterocycles. The van der Waals surface area contributed by atoms with E-state index in [-0.39, 0.29) is 11.9 Å². The summed E-state index contributed by atoms with van der Waals surface area (Å²) in [6.07, 6.45) is 7.99. The number of carbonyl (C=O) groups excluding carboxylic acids is 2. The highest BCUT2D eigenvalue weighted by atomic mass is 16.5. The fourth-order valence-corrected chi connectivity index (χ4v) is 3.00. The predicted molar refractivity (Wildman–Crippen MR) is 86.0 cm³/mol. The van der Waals surface area contributed by atoms with E-state index in [2.05, 4.69) is 17.4 Å². The molecule has 0 aromatic heterocycles. The van der Waals surface area contributed by atoms with Crippen LogP contribution in [0.1, 0.15) is 62.1 Å². The summed E-state index contributed by atoms with van der Waals surface area (Å²) >= 11 is 0. The molecule has 4 nitrogen and oxygen atoms in total. The van der Waals surface area contributed by atoms with Gasteiger partial charge in [0.15, 0.2) is 0 Å². The van der Waals surface area contributed by atoms with Crippen LogP contribution in [0.3, 0.4) is 0 Å². The van der Waals surface area contributed by atoms with Gasteiger partial charge in [-0.3, -0.25) is 4.79 Å². The summed E-state index contributed by atoms with van der Waals surface area (Å²) in [5.74, 6) is 1.00. The molecule has 4 heteroatoms. The van der Waals surface area contributed by atoms with Crippen LogP contribution >= 0.6 is 0 Å². The van der Waals surface area contributed by atoms with Gasteiger partial charge in [-0.25, -0.2) is 0 Å². The first-order chi connectivity index (χ1) is 10.7. The topological polar surface area (TPSA) is 55.4 Å². The lowest BCUT2D eigenvalue weighted by Crippen LogP contribution is -2.26. The molecule has 0 radical (unpaired) electrons. The van der Waals surface area contributed by atoms with Gasteiger partial charge in [0.25, 0.3) is 0 Å². The molecule has 1 amide bonds. The SMILES string of the molecule is COc1ccc2c(c1)CCC2NC(=O)CCCCCCC=O. The van der Waals surface area contributed by atoms with E-state index in [0.717, 1.165) is 50.6 Å². The average Bonchev–Trinajstić information content (AvgIpc) is 2.92. The normalized spacial score (nSPS) is 16.1. The number of hydrogen-bond donors (Lipinski definition) is 1. The van der Waals surface area contributed by atoms with Crippen LogP contribution in [-0.4, -0.2) is 19.3 Å². The summed E-state index contributed by atoms with van der Waals surface area (Å²) in [4.78, 5) is 22.2. The van der Waals surface area contributed by atoms with E-state index < -0.39 is 0 Å². The van der Waals surface area contributed by atoms with Crippen molar-refractivity contribution in [2.75, 3.05) is 7.11 Å². The molecular weight excluding hydrogens is 278 g/mol. The molecule has 120 valence electrons. The van der Waals surface area contributed by atoms with E-state index in [4.69, 9.17) is 4.74 Å². The first-order valence-electron chi connectivity index (χ1n) is 8.14. The maximum absolute atomic E-state index is 12.0. The number of ether oxygens (including phenoxy) is 1. The van der Waals surface area contributed by atoms with Crippen LogP contribution in [0.4, 0.5) is 0 Å². The molecule has 1 aliphatic rings. The van der Waals surface area contributed by atoms with E-state index in [1.54, 1.807) is 7.11 Å². The Morgan fingerprint density at radius 3 is 2.91 bits per heavy atom. The van der Waals surface area contributed by atoms with Gasteiger partial charge in [-0.05, 0) is 48.9 Å². The van der Waals surface area contributed by atoms with Gasteiger partial charge in [0.2, 0.25) is 5.91 Å². The van der Waals surface area contributed by atoms with Gasteiger partial charge in [0.1, 0.15) is 12.0 Å². The molecule has 0 aliphatic heterocycles. The second-order valence-corrected chi connectivity index (χ2v) is 5.84. The Labute approximate surface area is 132 Å². The lowest BCUT2D eigenvalue weighted by Gasteiger charge is -2.14. The van der Waals surface area contributed by atoms with Gasteiger partial charge in [0, 0.05) is 12.8 Å². The van der Waals surface area contributed by atoms with Crippen LogP contribution < -0.4 is 10.1 Å². The van der Waals surface area contributed by atoms with Crippen molar-refractivity contribution in [2.45, 2.75) is 57.4 Å². The largest absolute Gasteiger partial charge is 0.497 e. The molecule has 22 heavy (non-hydrogen) atoms. The van der Waals surface area contributed by atoms with Crippen LogP contribution in [0.5, 0.6) is 5.75 Å². The molecule has 0 bridgehead atoms. The standard InChI is InChI=1S/C18H25NO3/c1-22-15-9-10-16-14(13-15)8-11-17(16)19-18(21)7-5-3-2-4-6-12-20/h9-10,12-13,17H,2-8,11H2,1H3,(H,19,21). The molecule has 0 saturated heterocycles. The Hall–Kier alpha value is -1.84. The highest BCUT2D eigenvalue weighted by molar-refractivity contribution is 5.76. The number of nitrogens with one attached hydrogen (secondary N) is 1. The van der Waals surface area contributed by atoms with Crippen molar-refractivity contribution < 1.29 is 14.3 Å². The number of aldehydes is 1. The van der Waals surface area contributed by atoms with Crippen LogP contribution in [-0.2, 0) is 16.0 Å². The fourth-order valence-electron chi connectivity index (χ4n) is 3.00. The summed E-state index contributed by atoms with van der Waals surface area (Å²) < 4.78 is 5.24. The van der Waals surface area contributed by atoms with Crippen LogP contribution in [0.15, 0.2) is 18.2 Å². The summed E-state index contributed by atoms with van der Waals surface area (Å²) in [5.41, 5.74) is 2.50. The van der Waals surface area contributed by atoms with Crippen molar-refractivity contribution in [1.82, 2.24) is 5.32 Å². The number of unbranched alkanes of at least 4 members (excludes halogenated alkanes) is 4. The van der Waals surface area contributed by atoms with Crippen molar-refractivity contribution >= 4 is 12.2 Å². The number of methoxy groups -OCH3 is 1.